The number of hydrogen-bond acceptors (Lipinski definition) is 6. The summed E-state index contributed by atoms with van der Waals surface area (Å²) < 4.78 is 4.99. The minimum atomic E-state index is -0.496. The minimum absolute atomic E-state index is 0.197. The van der Waals surface area contributed by atoms with E-state index in [4.69, 9.17) is 4.74 Å². The van der Waals surface area contributed by atoms with E-state index in [9.17, 15) is 19.2 Å². The van der Waals surface area contributed by atoms with Gasteiger partial charge in [-0.2, -0.15) is 0 Å². The van der Waals surface area contributed by atoms with Crippen molar-refractivity contribution in [1.82, 2.24) is 4.90 Å². The third-order valence-corrected chi connectivity index (χ3v) is 6.97. The summed E-state index contributed by atoms with van der Waals surface area (Å²) in [7, 11) is 1.32. The number of hydrogen-bond donors (Lipinski definition) is 1. The molecule has 3 aromatic rings. The van der Waals surface area contributed by atoms with Gasteiger partial charge >= 0.3 is 5.97 Å². The highest BCUT2D eigenvalue weighted by Crippen LogP contribution is 2.40. The standard InChI is InChI=1S/C27H26N2O5S/c1-17-22(18-11-5-3-6-12-18)23(27(33)34-2)24(35-17)28-21(30)15-7-4-10-16-29-25(31)19-13-8-9-14-20(19)26(29)32/h3,5-6,8-9,11-14H,4,7,10,15-16H2,1-2H3,(H,28,30). The number of carbonyl (C=O) groups is 4. The number of rotatable bonds is 9. The second-order valence-corrected chi connectivity index (χ2v) is 9.49. The molecule has 0 radical (unpaired) electrons. The van der Waals surface area contributed by atoms with Crippen LogP contribution in [-0.2, 0) is 9.53 Å². The Kier molecular flexibility index (Phi) is 7.41. The number of thiophene rings is 1. The number of carbonyl (C=O) groups excluding carboxylic acids is 4. The second-order valence-electron chi connectivity index (χ2n) is 8.26. The van der Waals surface area contributed by atoms with Crippen LogP contribution in [0.5, 0.6) is 0 Å². The van der Waals surface area contributed by atoms with Gasteiger partial charge in [-0.1, -0.05) is 48.9 Å². The molecule has 8 heteroatoms. The highest BCUT2D eigenvalue weighted by molar-refractivity contribution is 7.17. The van der Waals surface area contributed by atoms with Gasteiger partial charge in [-0.05, 0) is 37.5 Å². The second kappa shape index (κ2) is 10.7. The molecule has 2 heterocycles. The van der Waals surface area contributed by atoms with Crippen LogP contribution in [0.25, 0.3) is 11.1 Å². The Balaban J connectivity index is 1.32. The van der Waals surface area contributed by atoms with Crippen molar-refractivity contribution in [2.24, 2.45) is 0 Å². The molecule has 0 fully saturated rings. The van der Waals surface area contributed by atoms with Gasteiger partial charge in [-0.15, -0.1) is 11.3 Å². The zero-order valence-corrected chi connectivity index (χ0v) is 20.4. The molecule has 0 aliphatic carbocycles. The summed E-state index contributed by atoms with van der Waals surface area (Å²) in [5, 5.41) is 3.35. The van der Waals surface area contributed by atoms with Gasteiger partial charge in [0.2, 0.25) is 5.91 Å². The van der Waals surface area contributed by atoms with E-state index in [1.54, 1.807) is 24.3 Å². The summed E-state index contributed by atoms with van der Waals surface area (Å²) in [5.74, 6) is -1.22. The maximum absolute atomic E-state index is 12.6. The molecule has 1 aliphatic rings. The zero-order valence-electron chi connectivity index (χ0n) is 19.6. The van der Waals surface area contributed by atoms with E-state index in [0.29, 0.717) is 47.5 Å². The number of ether oxygens (including phenoxy) is 1. The SMILES string of the molecule is COC(=O)c1c(NC(=O)CCCCCN2C(=O)c3ccccc3C2=O)sc(C)c1-c1ccccc1. The third-order valence-electron chi connectivity index (χ3n) is 5.95. The molecule has 180 valence electrons. The van der Waals surface area contributed by atoms with Crippen LogP contribution in [0.2, 0.25) is 0 Å². The number of esters is 1. The van der Waals surface area contributed by atoms with Crippen molar-refractivity contribution in [3.63, 3.8) is 0 Å². The summed E-state index contributed by atoms with van der Waals surface area (Å²) in [6.45, 7) is 2.24. The fourth-order valence-electron chi connectivity index (χ4n) is 4.25. The van der Waals surface area contributed by atoms with E-state index < -0.39 is 5.97 Å². The zero-order chi connectivity index (χ0) is 24.9. The van der Waals surface area contributed by atoms with E-state index in [1.165, 1.54) is 23.3 Å². The van der Waals surface area contributed by atoms with E-state index in [0.717, 1.165) is 16.0 Å². The van der Waals surface area contributed by atoms with E-state index in [1.807, 2.05) is 37.3 Å². The lowest BCUT2D eigenvalue weighted by Crippen LogP contribution is -2.30. The summed E-state index contributed by atoms with van der Waals surface area (Å²) in [6.07, 6.45) is 2.16. The molecule has 0 bridgehead atoms. The molecule has 7 nitrogen and oxygen atoms in total. The number of nitrogens with zero attached hydrogens (tertiary/aromatic N) is 1. The topological polar surface area (TPSA) is 92.8 Å². The van der Waals surface area contributed by atoms with E-state index >= 15 is 0 Å². The lowest BCUT2D eigenvalue weighted by atomic mass is 10.0. The maximum atomic E-state index is 12.6. The summed E-state index contributed by atoms with van der Waals surface area (Å²) in [4.78, 5) is 52.2. The first-order valence-electron chi connectivity index (χ1n) is 11.4. The summed E-state index contributed by atoms with van der Waals surface area (Å²) >= 11 is 1.35. The smallest absolute Gasteiger partial charge is 0.341 e. The van der Waals surface area contributed by atoms with E-state index in [2.05, 4.69) is 5.32 Å². The molecule has 1 N–H and O–H groups in total. The van der Waals surface area contributed by atoms with Crippen molar-refractivity contribution < 1.29 is 23.9 Å². The van der Waals surface area contributed by atoms with Crippen LogP contribution in [-0.4, -0.2) is 42.2 Å². The normalized spacial score (nSPS) is 12.6. The fourth-order valence-corrected chi connectivity index (χ4v) is 5.33. The predicted molar refractivity (Wildman–Crippen MR) is 135 cm³/mol. The van der Waals surface area contributed by atoms with E-state index in [-0.39, 0.29) is 24.1 Å². The number of unbranched alkanes of at least 4 members (excludes halogenated alkanes) is 2. The van der Waals surface area contributed by atoms with Crippen LogP contribution < -0.4 is 5.32 Å². The van der Waals surface area contributed by atoms with Crippen LogP contribution in [0, 0.1) is 6.92 Å². The molecule has 4 rings (SSSR count). The highest BCUT2D eigenvalue weighted by Gasteiger charge is 2.34. The lowest BCUT2D eigenvalue weighted by Gasteiger charge is -2.13. The first-order valence-corrected chi connectivity index (χ1v) is 12.3. The van der Waals surface area contributed by atoms with Gasteiger partial charge in [0.15, 0.2) is 0 Å². The number of fused-ring (bicyclic) bond motifs is 1. The molecular formula is C27H26N2O5S. The maximum Gasteiger partial charge on any atom is 0.341 e. The Bertz CT molecular complexity index is 1250. The molecule has 0 saturated heterocycles. The van der Waals surface area contributed by atoms with Crippen molar-refractivity contribution in [1.29, 1.82) is 0 Å². The van der Waals surface area contributed by atoms with Crippen LogP contribution in [0.15, 0.2) is 54.6 Å². The van der Waals surface area contributed by atoms with Gasteiger partial charge in [-0.25, -0.2) is 4.79 Å². The molecule has 0 saturated carbocycles. The fraction of sp³-hybridized carbons (Fsp3) is 0.259. The predicted octanol–water partition coefficient (Wildman–Crippen LogP) is 5.31. The monoisotopic (exact) mass is 490 g/mol. The van der Waals surface area contributed by atoms with Crippen LogP contribution in [0.1, 0.15) is 61.6 Å². The molecule has 1 aromatic heterocycles. The average Bonchev–Trinajstić information content (AvgIpc) is 3.32. The van der Waals surface area contributed by atoms with Crippen molar-refractivity contribution in [2.45, 2.75) is 32.6 Å². The van der Waals surface area contributed by atoms with Crippen LogP contribution in [0.3, 0.4) is 0 Å². The molecule has 35 heavy (non-hydrogen) atoms. The summed E-state index contributed by atoms with van der Waals surface area (Å²) in [6, 6.07) is 16.4. The van der Waals surface area contributed by atoms with Crippen molar-refractivity contribution >= 4 is 40.0 Å². The van der Waals surface area contributed by atoms with Gasteiger partial charge in [-0.3, -0.25) is 19.3 Å². The van der Waals surface area contributed by atoms with Gasteiger partial charge in [0.25, 0.3) is 11.8 Å². The highest BCUT2D eigenvalue weighted by atomic mass is 32.1. The molecule has 0 atom stereocenters. The van der Waals surface area contributed by atoms with Crippen molar-refractivity contribution in [3.8, 4) is 11.1 Å². The molecule has 3 amide bonds. The average molecular weight is 491 g/mol. The minimum Gasteiger partial charge on any atom is -0.465 e. The number of amides is 3. The number of anilines is 1. The van der Waals surface area contributed by atoms with Crippen LogP contribution in [0.4, 0.5) is 5.00 Å². The molecule has 0 spiro atoms. The molecule has 1 aliphatic heterocycles. The summed E-state index contributed by atoms with van der Waals surface area (Å²) in [5.41, 5.74) is 2.90. The van der Waals surface area contributed by atoms with Crippen molar-refractivity contribution in [3.05, 3.63) is 76.2 Å². The molecule has 2 aromatic carbocycles. The number of aryl methyl sites for hydroxylation is 1. The van der Waals surface area contributed by atoms with Gasteiger partial charge in [0.05, 0.1) is 18.2 Å². The Morgan fingerprint density at radius 3 is 2.17 bits per heavy atom. The number of imide groups is 1. The Morgan fingerprint density at radius 1 is 0.914 bits per heavy atom. The van der Waals surface area contributed by atoms with Crippen molar-refractivity contribution in [2.75, 3.05) is 19.0 Å². The first kappa shape index (κ1) is 24.3. The van der Waals surface area contributed by atoms with Crippen LogP contribution >= 0.6 is 11.3 Å². The van der Waals surface area contributed by atoms with Gasteiger partial charge < -0.3 is 10.1 Å². The Labute approximate surface area is 207 Å². The number of methoxy groups -OCH3 is 1. The molecular weight excluding hydrogens is 464 g/mol. The lowest BCUT2D eigenvalue weighted by molar-refractivity contribution is -0.116. The third kappa shape index (κ3) is 5.02. The number of nitrogens with one attached hydrogen (secondary N) is 1. The quantitative estimate of drug-likeness (QED) is 0.249. The Morgan fingerprint density at radius 2 is 1.54 bits per heavy atom. The largest absolute Gasteiger partial charge is 0.465 e. The molecule has 0 unspecified atom stereocenters. The number of benzene rings is 2. The van der Waals surface area contributed by atoms with Gasteiger partial charge in [0.1, 0.15) is 10.6 Å². The first-order chi connectivity index (χ1) is 16.9. The Hall–Kier alpha value is -3.78. The van der Waals surface area contributed by atoms with Gasteiger partial charge in [0, 0.05) is 23.4 Å².